The normalized spacial score (nSPS) is 13.4. The molecule has 0 radical (unpaired) electrons. The van der Waals surface area contributed by atoms with Gasteiger partial charge in [-0.2, -0.15) is 0 Å². The van der Waals surface area contributed by atoms with E-state index in [4.69, 9.17) is 22.1 Å². The highest BCUT2D eigenvalue weighted by Gasteiger charge is 2.17. The molecule has 1 aromatic carbocycles. The van der Waals surface area contributed by atoms with Crippen LogP contribution in [0.5, 0.6) is 5.75 Å². The maximum atomic E-state index is 6.20. The Morgan fingerprint density at radius 2 is 2.20 bits per heavy atom. The number of hydrogen-bond donors (Lipinski definition) is 1. The van der Waals surface area contributed by atoms with E-state index in [-0.39, 0.29) is 0 Å². The fraction of sp³-hybridized carbons (Fsp3) is 0.133. The first-order valence-electron chi connectivity index (χ1n) is 6.42. The third-order valence-electron chi connectivity index (χ3n) is 3.60. The molecule has 0 atom stereocenters. The van der Waals surface area contributed by atoms with Crippen molar-refractivity contribution in [2.45, 2.75) is 6.42 Å². The van der Waals surface area contributed by atoms with Gasteiger partial charge >= 0.3 is 0 Å². The SMILES string of the molecule is Nc1c(-c2ccc3c(c2)CCO3)nc2c(Cl)cccn12. The standard InChI is InChI=1S/C15H12ClN3O/c16-11-2-1-6-19-14(17)13(18-15(11)19)10-3-4-12-9(8-10)5-7-20-12/h1-4,6,8H,5,7,17H2. The number of aromatic nitrogens is 2. The number of rotatable bonds is 1. The van der Waals surface area contributed by atoms with E-state index in [1.165, 1.54) is 5.56 Å². The average Bonchev–Trinajstić information content (AvgIpc) is 3.04. The molecule has 3 heterocycles. The monoisotopic (exact) mass is 285 g/mol. The first-order chi connectivity index (χ1) is 9.74. The van der Waals surface area contributed by atoms with Gasteiger partial charge in [0.25, 0.3) is 0 Å². The molecular weight excluding hydrogens is 274 g/mol. The molecule has 4 nitrogen and oxygen atoms in total. The van der Waals surface area contributed by atoms with E-state index in [9.17, 15) is 0 Å². The Morgan fingerprint density at radius 1 is 1.30 bits per heavy atom. The molecule has 0 unspecified atom stereocenters. The largest absolute Gasteiger partial charge is 0.493 e. The second-order valence-electron chi connectivity index (χ2n) is 4.82. The van der Waals surface area contributed by atoms with Gasteiger partial charge in [0.15, 0.2) is 5.65 Å². The van der Waals surface area contributed by atoms with E-state index in [0.717, 1.165) is 30.0 Å². The second-order valence-corrected chi connectivity index (χ2v) is 5.22. The van der Waals surface area contributed by atoms with Crippen molar-refractivity contribution in [3.63, 3.8) is 0 Å². The van der Waals surface area contributed by atoms with Crippen LogP contribution in [0.1, 0.15) is 5.56 Å². The number of pyridine rings is 1. The summed E-state index contributed by atoms with van der Waals surface area (Å²) in [5.74, 6) is 1.55. The van der Waals surface area contributed by atoms with Crippen LogP contribution >= 0.6 is 11.6 Å². The van der Waals surface area contributed by atoms with Crippen molar-refractivity contribution in [3.8, 4) is 17.0 Å². The van der Waals surface area contributed by atoms with Crippen molar-refractivity contribution in [1.82, 2.24) is 9.38 Å². The summed E-state index contributed by atoms with van der Waals surface area (Å²) in [5.41, 5.74) is 9.82. The Kier molecular flexibility index (Phi) is 2.41. The number of nitrogen functional groups attached to an aromatic ring is 1. The van der Waals surface area contributed by atoms with Crippen molar-refractivity contribution >= 4 is 23.1 Å². The number of nitrogens with zero attached hydrogens (tertiary/aromatic N) is 2. The fourth-order valence-corrected chi connectivity index (χ4v) is 2.81. The molecule has 1 aliphatic rings. The highest BCUT2D eigenvalue weighted by atomic mass is 35.5. The minimum atomic E-state index is 0.593. The summed E-state index contributed by atoms with van der Waals surface area (Å²) in [7, 11) is 0. The molecule has 0 amide bonds. The second kappa shape index (κ2) is 4.15. The quantitative estimate of drug-likeness (QED) is 0.747. The highest BCUT2D eigenvalue weighted by molar-refractivity contribution is 6.33. The summed E-state index contributed by atoms with van der Waals surface area (Å²) < 4.78 is 7.33. The lowest BCUT2D eigenvalue weighted by atomic mass is 10.1. The Labute approximate surface area is 120 Å². The van der Waals surface area contributed by atoms with Crippen LogP contribution in [0.2, 0.25) is 5.02 Å². The van der Waals surface area contributed by atoms with Crippen LogP contribution in [-0.4, -0.2) is 16.0 Å². The zero-order chi connectivity index (χ0) is 13.7. The first-order valence-corrected chi connectivity index (χ1v) is 6.80. The number of ether oxygens (including phenoxy) is 1. The minimum absolute atomic E-state index is 0.593. The predicted octanol–water partition coefficient (Wildman–Crippen LogP) is 3.17. The Bertz CT molecular complexity index is 825. The molecule has 0 saturated heterocycles. The Hall–Kier alpha value is -2.20. The van der Waals surface area contributed by atoms with Crippen molar-refractivity contribution < 1.29 is 4.74 Å². The van der Waals surface area contributed by atoms with Gasteiger partial charge in [0.2, 0.25) is 0 Å². The number of nitrogens with two attached hydrogens (primary N) is 1. The van der Waals surface area contributed by atoms with E-state index in [2.05, 4.69) is 11.1 Å². The van der Waals surface area contributed by atoms with Crippen molar-refractivity contribution in [2.75, 3.05) is 12.3 Å². The molecule has 1 aliphatic heterocycles. The summed E-state index contributed by atoms with van der Waals surface area (Å²) >= 11 is 6.16. The molecule has 5 heteroatoms. The van der Waals surface area contributed by atoms with Gasteiger partial charge < -0.3 is 10.5 Å². The highest BCUT2D eigenvalue weighted by Crippen LogP contribution is 2.33. The number of halogens is 1. The van der Waals surface area contributed by atoms with Crippen molar-refractivity contribution in [1.29, 1.82) is 0 Å². The van der Waals surface area contributed by atoms with Crippen LogP contribution in [0.4, 0.5) is 5.82 Å². The maximum absolute atomic E-state index is 6.20. The molecular formula is C15H12ClN3O. The third-order valence-corrected chi connectivity index (χ3v) is 3.90. The average molecular weight is 286 g/mol. The Balaban J connectivity index is 1.94. The number of hydrogen-bond acceptors (Lipinski definition) is 3. The Morgan fingerprint density at radius 3 is 3.05 bits per heavy atom. The van der Waals surface area contributed by atoms with Crippen molar-refractivity contribution in [2.24, 2.45) is 0 Å². The van der Waals surface area contributed by atoms with Gasteiger partial charge in [0, 0.05) is 18.2 Å². The molecule has 2 N–H and O–H groups in total. The van der Waals surface area contributed by atoms with Gasteiger partial charge in [-0.25, -0.2) is 4.98 Å². The molecule has 0 saturated carbocycles. The summed E-state index contributed by atoms with van der Waals surface area (Å²) in [4.78, 5) is 4.57. The van der Waals surface area contributed by atoms with Crippen molar-refractivity contribution in [3.05, 3.63) is 47.1 Å². The number of anilines is 1. The molecule has 100 valence electrons. The third kappa shape index (κ3) is 1.58. The van der Waals surface area contributed by atoms with Crippen LogP contribution in [0, 0.1) is 0 Å². The predicted molar refractivity (Wildman–Crippen MR) is 79.2 cm³/mol. The van der Waals surface area contributed by atoms with Crippen LogP contribution < -0.4 is 10.5 Å². The minimum Gasteiger partial charge on any atom is -0.493 e. The van der Waals surface area contributed by atoms with Gasteiger partial charge in [-0.15, -0.1) is 0 Å². The van der Waals surface area contributed by atoms with Gasteiger partial charge in [0.1, 0.15) is 17.3 Å². The van der Waals surface area contributed by atoms with Gasteiger partial charge in [-0.3, -0.25) is 4.40 Å². The van der Waals surface area contributed by atoms with E-state index < -0.39 is 0 Å². The number of fused-ring (bicyclic) bond motifs is 2. The van der Waals surface area contributed by atoms with Crippen LogP contribution in [0.3, 0.4) is 0 Å². The zero-order valence-corrected chi connectivity index (χ0v) is 11.4. The smallest absolute Gasteiger partial charge is 0.157 e. The topological polar surface area (TPSA) is 52.5 Å². The maximum Gasteiger partial charge on any atom is 0.157 e. The molecule has 0 bridgehead atoms. The molecule has 0 aliphatic carbocycles. The molecule has 3 aromatic rings. The molecule has 2 aromatic heterocycles. The van der Waals surface area contributed by atoms with Gasteiger partial charge in [-0.1, -0.05) is 11.6 Å². The van der Waals surface area contributed by atoms with E-state index in [1.807, 2.05) is 30.5 Å². The molecule has 20 heavy (non-hydrogen) atoms. The van der Waals surface area contributed by atoms with Crippen LogP contribution in [0.25, 0.3) is 16.9 Å². The van der Waals surface area contributed by atoms with Crippen LogP contribution in [-0.2, 0) is 6.42 Å². The lowest BCUT2D eigenvalue weighted by molar-refractivity contribution is 0.357. The lowest BCUT2D eigenvalue weighted by Gasteiger charge is -2.02. The lowest BCUT2D eigenvalue weighted by Crippen LogP contribution is -1.94. The van der Waals surface area contributed by atoms with E-state index in [1.54, 1.807) is 4.40 Å². The van der Waals surface area contributed by atoms with E-state index in [0.29, 0.717) is 16.5 Å². The summed E-state index contributed by atoms with van der Waals surface area (Å²) in [6, 6.07) is 9.71. The number of benzene rings is 1. The fourth-order valence-electron chi connectivity index (χ4n) is 2.60. The number of imidazole rings is 1. The molecule has 0 spiro atoms. The molecule has 4 rings (SSSR count). The summed E-state index contributed by atoms with van der Waals surface area (Å²) in [5, 5.41) is 0.593. The zero-order valence-electron chi connectivity index (χ0n) is 10.6. The summed E-state index contributed by atoms with van der Waals surface area (Å²) in [6.45, 7) is 0.741. The summed E-state index contributed by atoms with van der Waals surface area (Å²) in [6.07, 6.45) is 2.79. The van der Waals surface area contributed by atoms with Crippen LogP contribution in [0.15, 0.2) is 36.5 Å². The van der Waals surface area contributed by atoms with E-state index >= 15 is 0 Å². The molecule has 0 fully saturated rings. The first kappa shape index (κ1) is 11.6. The van der Waals surface area contributed by atoms with Gasteiger partial charge in [-0.05, 0) is 35.9 Å². The van der Waals surface area contributed by atoms with Gasteiger partial charge in [0.05, 0.1) is 11.6 Å².